The third-order valence-corrected chi connectivity index (χ3v) is 4.56. The predicted octanol–water partition coefficient (Wildman–Crippen LogP) is 2.56. The number of carbonyl (C=O) groups is 1. The first kappa shape index (κ1) is 17.7. The maximum Gasteiger partial charge on any atom is 0.204 e. The summed E-state index contributed by atoms with van der Waals surface area (Å²) in [6, 6.07) is 4.20. The van der Waals surface area contributed by atoms with Crippen LogP contribution >= 0.6 is 0 Å². The van der Waals surface area contributed by atoms with Crippen LogP contribution < -0.4 is 14.2 Å². The van der Waals surface area contributed by atoms with Crippen LogP contribution in [0, 0.1) is 12.8 Å². The highest BCUT2D eigenvalue weighted by atomic mass is 16.5. The van der Waals surface area contributed by atoms with Crippen LogP contribution in [0.5, 0.6) is 34.5 Å². The monoisotopic (exact) mass is 360 g/mol. The fraction of sp³-hybridized carbons (Fsp3) is 0.316. The van der Waals surface area contributed by atoms with E-state index in [4.69, 9.17) is 14.2 Å². The second-order valence-corrected chi connectivity index (χ2v) is 6.13. The Hall–Kier alpha value is -3.09. The van der Waals surface area contributed by atoms with Crippen LogP contribution in [0.3, 0.4) is 0 Å². The van der Waals surface area contributed by atoms with Gasteiger partial charge in [0, 0.05) is 11.6 Å². The minimum absolute atomic E-state index is 0.0506. The smallest absolute Gasteiger partial charge is 0.204 e. The standard InChI is InChI=1S/C19H20O7/c1-9-15(22)14-16(23)11(6-10-4-5-12(20)7-13(10)21)8-26-18(14)19(25-3)17(9)24-2/h4-5,7,11,20-22H,6,8H2,1-3H3/t11-/m1/s1. The van der Waals surface area contributed by atoms with E-state index in [0.717, 1.165) is 0 Å². The van der Waals surface area contributed by atoms with Gasteiger partial charge in [-0.3, -0.25) is 4.79 Å². The highest BCUT2D eigenvalue weighted by Crippen LogP contribution is 2.50. The third-order valence-electron chi connectivity index (χ3n) is 4.56. The first-order valence-electron chi connectivity index (χ1n) is 8.04. The van der Waals surface area contributed by atoms with Gasteiger partial charge in [-0.25, -0.2) is 0 Å². The molecule has 7 nitrogen and oxygen atoms in total. The predicted molar refractivity (Wildman–Crippen MR) is 92.7 cm³/mol. The topological polar surface area (TPSA) is 105 Å². The molecule has 0 aliphatic carbocycles. The zero-order chi connectivity index (χ0) is 19.0. The van der Waals surface area contributed by atoms with E-state index < -0.39 is 5.92 Å². The fourth-order valence-corrected chi connectivity index (χ4v) is 3.19. The molecular formula is C19H20O7. The lowest BCUT2D eigenvalue weighted by Crippen LogP contribution is -2.30. The molecule has 0 amide bonds. The summed E-state index contributed by atoms with van der Waals surface area (Å²) in [6.07, 6.45) is 0.206. The van der Waals surface area contributed by atoms with Crippen LogP contribution in [0.4, 0.5) is 0 Å². The van der Waals surface area contributed by atoms with Gasteiger partial charge in [0.15, 0.2) is 17.3 Å². The van der Waals surface area contributed by atoms with Gasteiger partial charge in [-0.05, 0) is 25.0 Å². The fourth-order valence-electron chi connectivity index (χ4n) is 3.19. The minimum atomic E-state index is -0.596. The van der Waals surface area contributed by atoms with Gasteiger partial charge in [0.1, 0.15) is 22.8 Å². The second-order valence-electron chi connectivity index (χ2n) is 6.13. The second kappa shape index (κ2) is 6.67. The van der Waals surface area contributed by atoms with Gasteiger partial charge in [-0.1, -0.05) is 6.07 Å². The Bertz CT molecular complexity index is 873. The molecule has 0 saturated heterocycles. The van der Waals surface area contributed by atoms with Crippen molar-refractivity contribution >= 4 is 5.78 Å². The molecule has 3 N–H and O–H groups in total. The minimum Gasteiger partial charge on any atom is -0.508 e. The summed E-state index contributed by atoms with van der Waals surface area (Å²) >= 11 is 0. The summed E-state index contributed by atoms with van der Waals surface area (Å²) in [4.78, 5) is 13.0. The zero-order valence-electron chi connectivity index (χ0n) is 14.7. The van der Waals surface area contributed by atoms with Gasteiger partial charge in [-0.15, -0.1) is 0 Å². The van der Waals surface area contributed by atoms with Crippen LogP contribution in [-0.2, 0) is 6.42 Å². The van der Waals surface area contributed by atoms with E-state index in [9.17, 15) is 20.1 Å². The average Bonchev–Trinajstić information content (AvgIpc) is 2.61. The lowest BCUT2D eigenvalue weighted by atomic mass is 9.87. The number of ether oxygens (including phenoxy) is 3. The molecule has 7 heteroatoms. The van der Waals surface area contributed by atoms with Gasteiger partial charge in [0.05, 0.1) is 26.7 Å². The maximum absolute atomic E-state index is 13.0. The van der Waals surface area contributed by atoms with Crippen molar-refractivity contribution in [3.05, 3.63) is 34.9 Å². The molecule has 0 unspecified atom stereocenters. The molecule has 0 radical (unpaired) electrons. The first-order chi connectivity index (χ1) is 12.4. The van der Waals surface area contributed by atoms with E-state index in [2.05, 4.69) is 0 Å². The number of carbonyl (C=O) groups excluding carboxylic acids is 1. The van der Waals surface area contributed by atoms with Gasteiger partial charge in [-0.2, -0.15) is 0 Å². The number of methoxy groups -OCH3 is 2. The Morgan fingerprint density at radius 3 is 2.46 bits per heavy atom. The van der Waals surface area contributed by atoms with Crippen molar-refractivity contribution in [2.45, 2.75) is 13.3 Å². The van der Waals surface area contributed by atoms with Gasteiger partial charge >= 0.3 is 0 Å². The number of fused-ring (bicyclic) bond motifs is 1. The van der Waals surface area contributed by atoms with E-state index in [-0.39, 0.29) is 53.1 Å². The summed E-state index contributed by atoms with van der Waals surface area (Å²) < 4.78 is 16.3. The molecular weight excluding hydrogens is 340 g/mol. The average molecular weight is 360 g/mol. The summed E-state index contributed by atoms with van der Waals surface area (Å²) in [5.74, 6) is -0.542. The number of hydrogen-bond donors (Lipinski definition) is 3. The zero-order valence-corrected chi connectivity index (χ0v) is 14.7. The largest absolute Gasteiger partial charge is 0.508 e. The lowest BCUT2D eigenvalue weighted by Gasteiger charge is -2.28. The molecule has 0 fully saturated rings. The quantitative estimate of drug-likeness (QED) is 0.769. The highest BCUT2D eigenvalue weighted by molar-refractivity contribution is 6.05. The Kier molecular flexibility index (Phi) is 4.54. The number of benzene rings is 2. The Labute approximate surface area is 150 Å². The third kappa shape index (κ3) is 2.75. The molecule has 0 spiro atoms. The van der Waals surface area contributed by atoms with Crippen molar-refractivity contribution in [3.63, 3.8) is 0 Å². The molecule has 2 aromatic carbocycles. The summed E-state index contributed by atoms with van der Waals surface area (Å²) in [5, 5.41) is 29.8. The van der Waals surface area contributed by atoms with E-state index in [1.165, 1.54) is 26.4 Å². The van der Waals surface area contributed by atoms with Gasteiger partial charge < -0.3 is 29.5 Å². The van der Waals surface area contributed by atoms with Crippen LogP contribution in [0.1, 0.15) is 21.5 Å². The van der Waals surface area contributed by atoms with Crippen molar-refractivity contribution in [3.8, 4) is 34.5 Å². The van der Waals surface area contributed by atoms with E-state index in [0.29, 0.717) is 16.9 Å². The number of aromatic hydroxyl groups is 3. The SMILES string of the molecule is COc1c(C)c(O)c2c(c1OC)OC[C@@H](Cc1ccc(O)cc1O)C2=O. The molecule has 1 aliphatic heterocycles. The number of phenolic OH excluding ortho intramolecular Hbond substituents is 3. The van der Waals surface area contributed by atoms with E-state index in [1.54, 1.807) is 13.0 Å². The van der Waals surface area contributed by atoms with E-state index in [1.807, 2.05) is 0 Å². The lowest BCUT2D eigenvalue weighted by molar-refractivity contribution is 0.0819. The number of ketones is 1. The highest BCUT2D eigenvalue weighted by Gasteiger charge is 2.37. The number of phenols is 3. The Morgan fingerprint density at radius 2 is 1.85 bits per heavy atom. The number of rotatable bonds is 4. The van der Waals surface area contributed by atoms with Gasteiger partial charge in [0.25, 0.3) is 0 Å². The van der Waals surface area contributed by atoms with Crippen molar-refractivity contribution < 1.29 is 34.3 Å². The summed E-state index contributed by atoms with van der Waals surface area (Å²) in [6.45, 7) is 1.69. The molecule has 1 atom stereocenters. The normalized spacial score (nSPS) is 16.0. The van der Waals surface area contributed by atoms with Crippen molar-refractivity contribution in [2.24, 2.45) is 5.92 Å². The Morgan fingerprint density at radius 1 is 1.15 bits per heavy atom. The van der Waals surface area contributed by atoms with Crippen LogP contribution in [0.15, 0.2) is 18.2 Å². The molecule has 138 valence electrons. The van der Waals surface area contributed by atoms with Crippen molar-refractivity contribution in [1.29, 1.82) is 0 Å². The van der Waals surface area contributed by atoms with Crippen LogP contribution in [-0.4, -0.2) is 41.9 Å². The molecule has 26 heavy (non-hydrogen) atoms. The van der Waals surface area contributed by atoms with Crippen molar-refractivity contribution in [1.82, 2.24) is 0 Å². The molecule has 0 bridgehead atoms. The molecule has 2 aromatic rings. The molecule has 1 aliphatic rings. The number of Topliss-reactive ketones (excluding diaryl/α,β-unsaturated/α-hetero) is 1. The van der Waals surface area contributed by atoms with Crippen LogP contribution in [0.2, 0.25) is 0 Å². The Balaban J connectivity index is 2.01. The van der Waals surface area contributed by atoms with E-state index >= 15 is 0 Å². The van der Waals surface area contributed by atoms with Crippen LogP contribution in [0.25, 0.3) is 0 Å². The molecule has 0 saturated carbocycles. The maximum atomic E-state index is 13.0. The summed E-state index contributed by atoms with van der Waals surface area (Å²) in [7, 11) is 2.88. The summed E-state index contributed by atoms with van der Waals surface area (Å²) in [5.41, 5.74) is 0.938. The van der Waals surface area contributed by atoms with Crippen molar-refractivity contribution in [2.75, 3.05) is 20.8 Å². The molecule has 0 aromatic heterocycles. The number of hydrogen-bond acceptors (Lipinski definition) is 7. The van der Waals surface area contributed by atoms with Gasteiger partial charge in [0.2, 0.25) is 5.75 Å². The molecule has 1 heterocycles. The first-order valence-corrected chi connectivity index (χ1v) is 8.04. The molecule has 3 rings (SSSR count).